The lowest BCUT2D eigenvalue weighted by molar-refractivity contribution is 0.102. The Morgan fingerprint density at radius 3 is 3.00 bits per heavy atom. The minimum atomic E-state index is -0.246. The predicted octanol–water partition coefficient (Wildman–Crippen LogP) is 3.18. The molecular formula is C19H20N4O3S. The number of anilines is 2. The van der Waals surface area contributed by atoms with Gasteiger partial charge in [-0.3, -0.25) is 4.79 Å². The van der Waals surface area contributed by atoms with Crippen molar-refractivity contribution >= 4 is 38.3 Å². The Hall–Kier alpha value is -2.71. The molecule has 3 aromatic rings. The standard InChI is InChI=1S/C19H20N4O3S/c1-2-26-18-14(4-3-7-20-18)17(24)21-13-5-6-15-16(12-13)27-19(22-15)23-8-10-25-11-9-23/h3-7,12H,2,8-11H2,1H3,(H,21,24). The van der Waals surface area contributed by atoms with Crippen molar-refractivity contribution in [2.24, 2.45) is 0 Å². The Bertz CT molecular complexity index is 953. The first-order valence-electron chi connectivity index (χ1n) is 8.87. The lowest BCUT2D eigenvalue weighted by atomic mass is 10.2. The van der Waals surface area contributed by atoms with Crippen LogP contribution in [0.5, 0.6) is 5.88 Å². The van der Waals surface area contributed by atoms with Gasteiger partial charge in [0.05, 0.1) is 30.0 Å². The van der Waals surface area contributed by atoms with E-state index in [0.717, 1.165) is 47.3 Å². The molecule has 0 radical (unpaired) electrons. The highest BCUT2D eigenvalue weighted by Crippen LogP contribution is 2.31. The van der Waals surface area contributed by atoms with E-state index in [-0.39, 0.29) is 5.91 Å². The second kappa shape index (κ2) is 7.89. The fourth-order valence-corrected chi connectivity index (χ4v) is 3.95. The molecule has 1 fully saturated rings. The number of ether oxygens (including phenoxy) is 2. The number of rotatable bonds is 5. The molecule has 0 atom stereocenters. The van der Waals surface area contributed by atoms with Gasteiger partial charge in [0.1, 0.15) is 5.56 Å². The maximum atomic E-state index is 12.6. The smallest absolute Gasteiger partial charge is 0.261 e. The summed E-state index contributed by atoms with van der Waals surface area (Å²) < 4.78 is 11.9. The number of nitrogens with one attached hydrogen (secondary N) is 1. The van der Waals surface area contributed by atoms with Crippen LogP contribution in [-0.4, -0.2) is 48.8 Å². The van der Waals surface area contributed by atoms with E-state index in [1.165, 1.54) is 0 Å². The number of amides is 1. The minimum Gasteiger partial charge on any atom is -0.477 e. The van der Waals surface area contributed by atoms with Gasteiger partial charge in [0, 0.05) is 25.0 Å². The summed E-state index contributed by atoms with van der Waals surface area (Å²) in [4.78, 5) is 23.7. The summed E-state index contributed by atoms with van der Waals surface area (Å²) >= 11 is 1.62. The van der Waals surface area contributed by atoms with Crippen LogP contribution in [0.2, 0.25) is 0 Å². The fourth-order valence-electron chi connectivity index (χ4n) is 2.89. The SMILES string of the molecule is CCOc1ncccc1C(=O)Nc1ccc2nc(N3CCOCC3)sc2c1. The van der Waals surface area contributed by atoms with Gasteiger partial charge in [-0.05, 0) is 37.3 Å². The topological polar surface area (TPSA) is 76.6 Å². The monoisotopic (exact) mass is 384 g/mol. The number of pyridine rings is 1. The fraction of sp³-hybridized carbons (Fsp3) is 0.316. The van der Waals surface area contributed by atoms with Gasteiger partial charge >= 0.3 is 0 Å². The minimum absolute atomic E-state index is 0.246. The number of morpholine rings is 1. The first-order valence-corrected chi connectivity index (χ1v) is 9.68. The normalized spacial score (nSPS) is 14.3. The molecule has 7 nitrogen and oxygen atoms in total. The van der Waals surface area contributed by atoms with E-state index in [9.17, 15) is 4.79 Å². The molecule has 27 heavy (non-hydrogen) atoms. The first kappa shape index (κ1) is 17.7. The Morgan fingerprint density at radius 1 is 1.33 bits per heavy atom. The number of fused-ring (bicyclic) bond motifs is 1. The Kier molecular flexibility index (Phi) is 5.17. The lowest BCUT2D eigenvalue weighted by Crippen LogP contribution is -2.36. The Morgan fingerprint density at radius 2 is 2.19 bits per heavy atom. The molecule has 1 N–H and O–H groups in total. The van der Waals surface area contributed by atoms with Crippen molar-refractivity contribution in [3.8, 4) is 5.88 Å². The summed E-state index contributed by atoms with van der Waals surface area (Å²) in [7, 11) is 0. The molecule has 0 bridgehead atoms. The summed E-state index contributed by atoms with van der Waals surface area (Å²) in [5.74, 6) is 0.0924. The highest BCUT2D eigenvalue weighted by atomic mass is 32.1. The average Bonchev–Trinajstić information content (AvgIpc) is 3.13. The van der Waals surface area contributed by atoms with Crippen LogP contribution in [0, 0.1) is 0 Å². The molecule has 0 spiro atoms. The van der Waals surface area contributed by atoms with Crippen molar-refractivity contribution in [1.82, 2.24) is 9.97 Å². The zero-order valence-corrected chi connectivity index (χ0v) is 15.8. The van der Waals surface area contributed by atoms with E-state index < -0.39 is 0 Å². The van der Waals surface area contributed by atoms with Gasteiger partial charge in [-0.15, -0.1) is 0 Å². The van der Waals surface area contributed by atoms with E-state index in [1.807, 2.05) is 25.1 Å². The second-order valence-corrected chi connectivity index (χ2v) is 7.03. The molecule has 1 aromatic carbocycles. The van der Waals surface area contributed by atoms with Crippen LogP contribution >= 0.6 is 11.3 Å². The maximum absolute atomic E-state index is 12.6. The van der Waals surface area contributed by atoms with Crippen molar-refractivity contribution in [3.63, 3.8) is 0 Å². The molecule has 3 heterocycles. The van der Waals surface area contributed by atoms with Gasteiger partial charge in [0.2, 0.25) is 5.88 Å². The lowest BCUT2D eigenvalue weighted by Gasteiger charge is -2.25. The van der Waals surface area contributed by atoms with E-state index >= 15 is 0 Å². The largest absolute Gasteiger partial charge is 0.477 e. The molecule has 0 unspecified atom stereocenters. The molecule has 0 saturated carbocycles. The molecule has 1 aliphatic rings. The van der Waals surface area contributed by atoms with E-state index in [1.54, 1.807) is 29.7 Å². The Balaban J connectivity index is 1.54. The maximum Gasteiger partial charge on any atom is 0.261 e. The number of hydrogen-bond donors (Lipinski definition) is 1. The summed E-state index contributed by atoms with van der Waals surface area (Å²) in [5.41, 5.74) is 2.06. The summed E-state index contributed by atoms with van der Waals surface area (Å²) in [6.45, 7) is 5.47. The number of nitrogens with zero attached hydrogens (tertiary/aromatic N) is 3. The molecule has 1 aliphatic heterocycles. The molecule has 140 valence electrons. The van der Waals surface area contributed by atoms with Crippen molar-refractivity contribution in [3.05, 3.63) is 42.1 Å². The van der Waals surface area contributed by atoms with Crippen LogP contribution in [0.1, 0.15) is 17.3 Å². The van der Waals surface area contributed by atoms with E-state index in [2.05, 4.69) is 15.2 Å². The third-order valence-corrected chi connectivity index (χ3v) is 5.29. The summed E-state index contributed by atoms with van der Waals surface area (Å²) in [6.07, 6.45) is 1.61. The summed E-state index contributed by atoms with van der Waals surface area (Å²) in [5, 5.41) is 3.91. The van der Waals surface area contributed by atoms with Gasteiger partial charge in [-0.25, -0.2) is 9.97 Å². The van der Waals surface area contributed by atoms with Crippen molar-refractivity contribution < 1.29 is 14.3 Å². The highest BCUT2D eigenvalue weighted by Gasteiger charge is 2.17. The van der Waals surface area contributed by atoms with Crippen LogP contribution in [0.3, 0.4) is 0 Å². The van der Waals surface area contributed by atoms with Gasteiger partial charge in [0.25, 0.3) is 5.91 Å². The van der Waals surface area contributed by atoms with E-state index in [0.29, 0.717) is 18.1 Å². The summed E-state index contributed by atoms with van der Waals surface area (Å²) in [6, 6.07) is 9.16. The molecule has 4 rings (SSSR count). The number of benzene rings is 1. The second-order valence-electron chi connectivity index (χ2n) is 6.02. The molecule has 8 heteroatoms. The van der Waals surface area contributed by atoms with Crippen molar-refractivity contribution in [2.75, 3.05) is 43.1 Å². The van der Waals surface area contributed by atoms with Gasteiger partial charge in [-0.2, -0.15) is 0 Å². The van der Waals surface area contributed by atoms with Gasteiger partial charge < -0.3 is 19.7 Å². The zero-order chi connectivity index (χ0) is 18.6. The third-order valence-electron chi connectivity index (χ3n) is 4.21. The van der Waals surface area contributed by atoms with Crippen LogP contribution in [0.25, 0.3) is 10.2 Å². The number of aromatic nitrogens is 2. The van der Waals surface area contributed by atoms with Gasteiger partial charge in [0.15, 0.2) is 5.13 Å². The molecule has 2 aromatic heterocycles. The predicted molar refractivity (Wildman–Crippen MR) is 106 cm³/mol. The van der Waals surface area contributed by atoms with Crippen molar-refractivity contribution in [2.45, 2.75) is 6.92 Å². The Labute approximate surface area is 160 Å². The quantitative estimate of drug-likeness (QED) is 0.728. The van der Waals surface area contributed by atoms with Crippen LogP contribution in [0.15, 0.2) is 36.5 Å². The molecule has 1 amide bonds. The van der Waals surface area contributed by atoms with Gasteiger partial charge in [-0.1, -0.05) is 11.3 Å². The number of hydrogen-bond acceptors (Lipinski definition) is 7. The molecular weight excluding hydrogens is 364 g/mol. The average molecular weight is 384 g/mol. The molecule has 0 aliphatic carbocycles. The number of carbonyl (C=O) groups excluding carboxylic acids is 1. The van der Waals surface area contributed by atoms with E-state index in [4.69, 9.17) is 14.5 Å². The third kappa shape index (κ3) is 3.86. The highest BCUT2D eigenvalue weighted by molar-refractivity contribution is 7.22. The first-order chi connectivity index (χ1) is 13.2. The number of carbonyl (C=O) groups is 1. The van der Waals surface area contributed by atoms with Crippen LogP contribution in [0.4, 0.5) is 10.8 Å². The number of thiazole rings is 1. The zero-order valence-electron chi connectivity index (χ0n) is 15.0. The van der Waals surface area contributed by atoms with Crippen molar-refractivity contribution in [1.29, 1.82) is 0 Å². The van der Waals surface area contributed by atoms with Crippen LogP contribution < -0.4 is 15.0 Å². The van der Waals surface area contributed by atoms with Crippen LogP contribution in [-0.2, 0) is 4.74 Å². The molecule has 1 saturated heterocycles.